The number of carbonyl (C=O) groups is 3. The van der Waals surface area contributed by atoms with Gasteiger partial charge in [-0.3, -0.25) is 14.4 Å². The van der Waals surface area contributed by atoms with Gasteiger partial charge in [-0.1, -0.05) is 203 Å². The summed E-state index contributed by atoms with van der Waals surface area (Å²) in [7, 11) is 0. The van der Waals surface area contributed by atoms with E-state index in [-0.39, 0.29) is 31.1 Å². The quantitative estimate of drug-likeness (QED) is 0.0262. The maximum atomic E-state index is 12.8. The molecule has 0 fully saturated rings. The van der Waals surface area contributed by atoms with Crippen molar-refractivity contribution >= 4 is 17.9 Å². The highest BCUT2D eigenvalue weighted by atomic mass is 16.6. The number of hydrogen-bond donors (Lipinski definition) is 0. The van der Waals surface area contributed by atoms with Crippen molar-refractivity contribution in [2.75, 3.05) is 13.2 Å². The van der Waals surface area contributed by atoms with E-state index in [1.54, 1.807) is 0 Å². The molecule has 362 valence electrons. The minimum absolute atomic E-state index is 0.0890. The molecule has 0 heterocycles. The molecular formula is C57H98O6. The fourth-order valence-corrected chi connectivity index (χ4v) is 7.17. The van der Waals surface area contributed by atoms with Crippen LogP contribution < -0.4 is 0 Å². The van der Waals surface area contributed by atoms with Gasteiger partial charge in [0.05, 0.1) is 0 Å². The van der Waals surface area contributed by atoms with Gasteiger partial charge in [0.15, 0.2) is 6.10 Å². The van der Waals surface area contributed by atoms with Crippen LogP contribution in [-0.2, 0) is 28.6 Å². The van der Waals surface area contributed by atoms with Gasteiger partial charge in [-0.15, -0.1) is 0 Å². The van der Waals surface area contributed by atoms with E-state index in [1.165, 1.54) is 103 Å². The van der Waals surface area contributed by atoms with E-state index >= 15 is 0 Å². The molecule has 0 rings (SSSR count). The summed E-state index contributed by atoms with van der Waals surface area (Å²) in [5, 5.41) is 0. The van der Waals surface area contributed by atoms with E-state index in [0.717, 1.165) is 109 Å². The van der Waals surface area contributed by atoms with Crippen LogP contribution in [0.25, 0.3) is 0 Å². The van der Waals surface area contributed by atoms with Gasteiger partial charge in [0, 0.05) is 19.3 Å². The van der Waals surface area contributed by atoms with E-state index in [4.69, 9.17) is 14.2 Å². The Balaban J connectivity index is 4.39. The molecule has 0 aliphatic rings. The van der Waals surface area contributed by atoms with Crippen LogP contribution in [0.2, 0.25) is 0 Å². The first-order valence-corrected chi connectivity index (χ1v) is 26.4. The lowest BCUT2D eigenvalue weighted by Gasteiger charge is -2.18. The molecular weight excluding hydrogens is 781 g/mol. The monoisotopic (exact) mass is 879 g/mol. The van der Waals surface area contributed by atoms with Crippen molar-refractivity contribution in [3.8, 4) is 0 Å². The summed E-state index contributed by atoms with van der Waals surface area (Å²) in [6, 6.07) is 0. The van der Waals surface area contributed by atoms with Gasteiger partial charge in [0.25, 0.3) is 0 Å². The lowest BCUT2D eigenvalue weighted by atomic mass is 10.1. The average molecular weight is 879 g/mol. The molecule has 0 aromatic heterocycles. The summed E-state index contributed by atoms with van der Waals surface area (Å²) in [6.45, 7) is 6.45. The van der Waals surface area contributed by atoms with Gasteiger partial charge in [-0.2, -0.15) is 0 Å². The zero-order valence-corrected chi connectivity index (χ0v) is 41.3. The predicted octanol–water partition coefficient (Wildman–Crippen LogP) is 17.4. The number of hydrogen-bond acceptors (Lipinski definition) is 6. The van der Waals surface area contributed by atoms with Crippen LogP contribution in [0.3, 0.4) is 0 Å². The summed E-state index contributed by atoms with van der Waals surface area (Å²) in [5.41, 5.74) is 0. The first-order chi connectivity index (χ1) is 31.0. The lowest BCUT2D eigenvalue weighted by Crippen LogP contribution is -2.30. The van der Waals surface area contributed by atoms with Gasteiger partial charge in [-0.25, -0.2) is 0 Å². The number of ether oxygens (including phenoxy) is 3. The molecule has 0 aromatic rings. The predicted molar refractivity (Wildman–Crippen MR) is 270 cm³/mol. The molecule has 0 saturated heterocycles. The van der Waals surface area contributed by atoms with Crippen LogP contribution in [-0.4, -0.2) is 37.2 Å². The molecule has 0 aliphatic heterocycles. The second-order valence-electron chi connectivity index (χ2n) is 17.4. The maximum absolute atomic E-state index is 12.8. The Morgan fingerprint density at radius 1 is 0.333 bits per heavy atom. The SMILES string of the molecule is CC/C=C\C/C=C\C/C=C\C/C=C\CCCCCCC(=O)OC[C@H](COC(=O)CCCCCCCCC/C=C\CCCCCCCC)OC(=O)CCCCCCC/C=C\CCCC. The molecule has 0 radical (unpaired) electrons. The zero-order valence-electron chi connectivity index (χ0n) is 41.3. The fourth-order valence-electron chi connectivity index (χ4n) is 7.17. The van der Waals surface area contributed by atoms with E-state index in [2.05, 4.69) is 93.7 Å². The highest BCUT2D eigenvalue weighted by Gasteiger charge is 2.19. The standard InChI is InChI=1S/C57H98O6/c1-4-7-10-13-16-19-22-24-26-28-30-32-35-37-40-43-46-49-55(58)61-52-54(63-57(60)51-48-45-42-39-34-21-18-15-12-9-6-3)53-62-56(59)50-47-44-41-38-36-33-31-29-27-25-23-20-17-14-11-8-5-2/h7,10,15-16,18-19,24-27,30,32,54H,4-6,8-9,11-14,17,20-23,28-29,31,33-53H2,1-3H3/b10-7-,18-15-,19-16-,26-24-,27-25-,32-30-/t54-/m1/s1. The maximum Gasteiger partial charge on any atom is 0.306 e. The first kappa shape index (κ1) is 59.9. The number of esters is 3. The van der Waals surface area contributed by atoms with Crippen LogP contribution in [0.5, 0.6) is 0 Å². The highest BCUT2D eigenvalue weighted by molar-refractivity contribution is 5.71. The summed E-state index contributed by atoms with van der Waals surface area (Å²) >= 11 is 0. The van der Waals surface area contributed by atoms with Gasteiger partial charge >= 0.3 is 17.9 Å². The Kier molecular flexibility index (Phi) is 48.9. The third-order valence-corrected chi connectivity index (χ3v) is 11.2. The largest absolute Gasteiger partial charge is 0.462 e. The average Bonchev–Trinajstić information content (AvgIpc) is 3.28. The third kappa shape index (κ3) is 49.7. The molecule has 6 nitrogen and oxygen atoms in total. The minimum Gasteiger partial charge on any atom is -0.462 e. The molecule has 1 atom stereocenters. The summed E-state index contributed by atoms with van der Waals surface area (Å²) in [4.78, 5) is 38.0. The molecule has 0 amide bonds. The van der Waals surface area contributed by atoms with Crippen LogP contribution in [0, 0.1) is 0 Å². The Hall–Kier alpha value is -3.15. The zero-order chi connectivity index (χ0) is 45.8. The number of allylic oxidation sites excluding steroid dienone is 12. The molecule has 0 spiro atoms. The van der Waals surface area contributed by atoms with Crippen molar-refractivity contribution in [2.45, 2.75) is 258 Å². The van der Waals surface area contributed by atoms with Crippen LogP contribution in [0.15, 0.2) is 72.9 Å². The highest BCUT2D eigenvalue weighted by Crippen LogP contribution is 2.14. The third-order valence-electron chi connectivity index (χ3n) is 11.2. The molecule has 0 aliphatic carbocycles. The molecule has 6 heteroatoms. The van der Waals surface area contributed by atoms with E-state index in [0.29, 0.717) is 19.3 Å². The molecule has 0 saturated carbocycles. The molecule has 0 aromatic carbocycles. The molecule has 63 heavy (non-hydrogen) atoms. The van der Waals surface area contributed by atoms with Crippen molar-refractivity contribution in [1.82, 2.24) is 0 Å². The van der Waals surface area contributed by atoms with Crippen LogP contribution in [0.4, 0.5) is 0 Å². The van der Waals surface area contributed by atoms with Gasteiger partial charge in [0.1, 0.15) is 13.2 Å². The van der Waals surface area contributed by atoms with E-state index in [1.807, 2.05) is 0 Å². The van der Waals surface area contributed by atoms with Crippen molar-refractivity contribution in [1.29, 1.82) is 0 Å². The Labute approximate surface area is 389 Å². The molecule has 0 bridgehead atoms. The van der Waals surface area contributed by atoms with Gasteiger partial charge in [-0.05, 0) is 103 Å². The second-order valence-corrected chi connectivity index (χ2v) is 17.4. The van der Waals surface area contributed by atoms with Gasteiger partial charge in [0.2, 0.25) is 0 Å². The lowest BCUT2D eigenvalue weighted by molar-refractivity contribution is -0.167. The van der Waals surface area contributed by atoms with Crippen molar-refractivity contribution in [3.05, 3.63) is 72.9 Å². The summed E-state index contributed by atoms with van der Waals surface area (Å²) in [5.74, 6) is -0.925. The second kappa shape index (κ2) is 51.5. The molecule has 0 N–H and O–H groups in total. The van der Waals surface area contributed by atoms with Gasteiger partial charge < -0.3 is 14.2 Å². The van der Waals surface area contributed by atoms with Crippen molar-refractivity contribution in [3.63, 3.8) is 0 Å². The first-order valence-electron chi connectivity index (χ1n) is 26.4. The van der Waals surface area contributed by atoms with Crippen LogP contribution in [0.1, 0.15) is 252 Å². The minimum atomic E-state index is -0.790. The smallest absolute Gasteiger partial charge is 0.306 e. The van der Waals surface area contributed by atoms with E-state index < -0.39 is 6.10 Å². The topological polar surface area (TPSA) is 78.9 Å². The normalized spacial score (nSPS) is 12.6. The van der Waals surface area contributed by atoms with Crippen molar-refractivity contribution in [2.24, 2.45) is 0 Å². The van der Waals surface area contributed by atoms with E-state index in [9.17, 15) is 14.4 Å². The summed E-state index contributed by atoms with van der Waals surface area (Å²) in [6.07, 6.45) is 64.6. The molecule has 0 unspecified atom stereocenters. The summed E-state index contributed by atoms with van der Waals surface area (Å²) < 4.78 is 16.8. The number of unbranched alkanes of at least 4 members (excludes halogenated alkanes) is 24. The Bertz CT molecular complexity index is 1190. The van der Waals surface area contributed by atoms with Crippen molar-refractivity contribution < 1.29 is 28.6 Å². The Morgan fingerprint density at radius 3 is 1.03 bits per heavy atom. The number of carbonyl (C=O) groups excluding carboxylic acids is 3. The number of rotatable bonds is 47. The van der Waals surface area contributed by atoms with Crippen LogP contribution >= 0.6 is 0 Å². The fraction of sp³-hybridized carbons (Fsp3) is 0.737. The Morgan fingerprint density at radius 2 is 0.635 bits per heavy atom.